The van der Waals surface area contributed by atoms with E-state index in [1.165, 1.54) is 0 Å². The zero-order chi connectivity index (χ0) is 17.3. The van der Waals surface area contributed by atoms with Crippen molar-refractivity contribution in [2.45, 2.75) is 45.1 Å². The quantitative estimate of drug-likeness (QED) is 0.717. The van der Waals surface area contributed by atoms with Crippen LogP contribution in [0.3, 0.4) is 0 Å². The van der Waals surface area contributed by atoms with E-state index in [9.17, 15) is 4.79 Å². The molecule has 0 aliphatic carbocycles. The molecule has 0 atom stereocenters. The minimum Gasteiger partial charge on any atom is -0.444 e. The Morgan fingerprint density at radius 2 is 2.00 bits per heavy atom. The summed E-state index contributed by atoms with van der Waals surface area (Å²) in [6, 6.07) is 3.82. The molecule has 1 amide bonds. The molecule has 3 rings (SSSR count). The fourth-order valence-corrected chi connectivity index (χ4v) is 3.21. The maximum absolute atomic E-state index is 12.2. The molecule has 0 bridgehead atoms. The number of aromatic nitrogens is 2. The Kier molecular flexibility index (Phi) is 4.63. The number of halogens is 1. The lowest BCUT2D eigenvalue weighted by molar-refractivity contribution is 0.0204. The maximum atomic E-state index is 12.2. The van der Waals surface area contributed by atoms with Gasteiger partial charge in [0, 0.05) is 42.2 Å². The highest BCUT2D eigenvalue weighted by molar-refractivity contribution is 6.30. The summed E-state index contributed by atoms with van der Waals surface area (Å²) < 4.78 is 5.45. The van der Waals surface area contributed by atoms with Crippen LogP contribution in [0.4, 0.5) is 4.79 Å². The van der Waals surface area contributed by atoms with Gasteiger partial charge in [0.1, 0.15) is 10.8 Å². The molecule has 0 unspecified atom stereocenters. The van der Waals surface area contributed by atoms with Gasteiger partial charge in [0.25, 0.3) is 0 Å². The minimum atomic E-state index is -0.463. The van der Waals surface area contributed by atoms with Crippen molar-refractivity contribution in [2.24, 2.45) is 0 Å². The molecule has 0 N–H and O–H groups in total. The first kappa shape index (κ1) is 17.0. The molecule has 1 fully saturated rings. The SMILES string of the molecule is CC(C)(C)OC(=O)N1CCC(c2nccc3cnc(Cl)cc23)CC1. The van der Waals surface area contributed by atoms with Gasteiger partial charge in [-0.3, -0.25) is 4.98 Å². The van der Waals surface area contributed by atoms with E-state index in [4.69, 9.17) is 16.3 Å². The first-order valence-electron chi connectivity index (χ1n) is 8.21. The Morgan fingerprint density at radius 3 is 2.67 bits per heavy atom. The van der Waals surface area contributed by atoms with Crippen molar-refractivity contribution in [3.8, 4) is 0 Å². The van der Waals surface area contributed by atoms with Crippen LogP contribution in [0.15, 0.2) is 24.5 Å². The number of amides is 1. The number of carbonyl (C=O) groups excluding carboxylic acids is 1. The van der Waals surface area contributed by atoms with Crippen LogP contribution in [0.5, 0.6) is 0 Å². The zero-order valence-electron chi connectivity index (χ0n) is 14.3. The molecule has 2 aromatic rings. The number of ether oxygens (including phenoxy) is 1. The van der Waals surface area contributed by atoms with Crippen molar-refractivity contribution in [1.82, 2.24) is 14.9 Å². The molecule has 0 saturated carbocycles. The summed E-state index contributed by atoms with van der Waals surface area (Å²) in [5.41, 5.74) is 0.579. The lowest BCUT2D eigenvalue weighted by atomic mass is 9.91. The van der Waals surface area contributed by atoms with Gasteiger partial charge in [-0.05, 0) is 45.7 Å². The summed E-state index contributed by atoms with van der Waals surface area (Å²) >= 11 is 6.05. The summed E-state index contributed by atoms with van der Waals surface area (Å²) in [5, 5.41) is 2.56. The van der Waals surface area contributed by atoms with Crippen LogP contribution in [0, 0.1) is 0 Å². The van der Waals surface area contributed by atoms with Crippen molar-refractivity contribution in [3.05, 3.63) is 35.4 Å². The second kappa shape index (κ2) is 6.55. The van der Waals surface area contributed by atoms with E-state index < -0.39 is 5.60 Å². The van der Waals surface area contributed by atoms with E-state index in [1.807, 2.05) is 39.1 Å². The molecule has 1 aliphatic heterocycles. The van der Waals surface area contributed by atoms with Gasteiger partial charge < -0.3 is 9.64 Å². The number of pyridine rings is 2. The molecule has 2 aromatic heterocycles. The number of fused-ring (bicyclic) bond motifs is 1. The second-order valence-electron chi connectivity index (χ2n) is 7.17. The van der Waals surface area contributed by atoms with E-state index >= 15 is 0 Å². The first-order chi connectivity index (χ1) is 11.3. The fraction of sp³-hybridized carbons (Fsp3) is 0.500. The third kappa shape index (κ3) is 3.78. The van der Waals surface area contributed by atoms with Crippen molar-refractivity contribution in [2.75, 3.05) is 13.1 Å². The van der Waals surface area contributed by atoms with Crippen molar-refractivity contribution in [3.63, 3.8) is 0 Å². The lowest BCUT2D eigenvalue weighted by Gasteiger charge is -2.33. The molecule has 3 heterocycles. The molecule has 0 aromatic carbocycles. The highest BCUT2D eigenvalue weighted by Crippen LogP contribution is 2.32. The molecule has 24 heavy (non-hydrogen) atoms. The highest BCUT2D eigenvalue weighted by atomic mass is 35.5. The Balaban J connectivity index is 1.73. The molecular formula is C18H22ClN3O2. The molecular weight excluding hydrogens is 326 g/mol. The Hall–Kier alpha value is -1.88. The predicted octanol–water partition coefficient (Wildman–Crippen LogP) is 4.40. The monoisotopic (exact) mass is 347 g/mol. The lowest BCUT2D eigenvalue weighted by Crippen LogP contribution is -2.41. The Labute approximate surface area is 147 Å². The first-order valence-corrected chi connectivity index (χ1v) is 8.59. The van der Waals surface area contributed by atoms with Gasteiger partial charge in [0.2, 0.25) is 0 Å². The smallest absolute Gasteiger partial charge is 0.410 e. The third-order valence-electron chi connectivity index (χ3n) is 4.18. The number of hydrogen-bond donors (Lipinski definition) is 0. The van der Waals surface area contributed by atoms with Crippen LogP contribution in [0.25, 0.3) is 10.8 Å². The van der Waals surface area contributed by atoms with E-state index in [-0.39, 0.29) is 6.09 Å². The van der Waals surface area contributed by atoms with E-state index in [1.54, 1.807) is 11.1 Å². The average molecular weight is 348 g/mol. The molecule has 0 radical (unpaired) electrons. The van der Waals surface area contributed by atoms with Gasteiger partial charge in [0.15, 0.2) is 0 Å². The van der Waals surface area contributed by atoms with Crippen molar-refractivity contribution >= 4 is 28.5 Å². The molecule has 1 aliphatic rings. The second-order valence-corrected chi connectivity index (χ2v) is 7.55. The Bertz CT molecular complexity index is 750. The maximum Gasteiger partial charge on any atom is 0.410 e. The standard InChI is InChI=1S/C18H22ClN3O2/c1-18(2,3)24-17(23)22-8-5-12(6-9-22)16-14-10-15(19)21-11-13(14)4-7-20-16/h4,7,10-12H,5-6,8-9H2,1-3H3. The van der Waals surface area contributed by atoms with Crippen LogP contribution in [0.2, 0.25) is 5.15 Å². The summed E-state index contributed by atoms with van der Waals surface area (Å²) in [5.74, 6) is 0.311. The molecule has 6 heteroatoms. The van der Waals surface area contributed by atoms with Crippen molar-refractivity contribution < 1.29 is 9.53 Å². The van der Waals surface area contributed by atoms with Gasteiger partial charge in [-0.2, -0.15) is 0 Å². The number of rotatable bonds is 1. The van der Waals surface area contributed by atoms with Crippen LogP contribution in [0.1, 0.15) is 45.2 Å². The summed E-state index contributed by atoms with van der Waals surface area (Å²) in [6.45, 7) is 7.01. The molecule has 1 saturated heterocycles. The summed E-state index contributed by atoms with van der Waals surface area (Å²) in [6.07, 6.45) is 5.09. The highest BCUT2D eigenvalue weighted by Gasteiger charge is 2.28. The number of nitrogens with zero attached hydrogens (tertiary/aromatic N) is 3. The van der Waals surface area contributed by atoms with Gasteiger partial charge in [-0.15, -0.1) is 0 Å². The summed E-state index contributed by atoms with van der Waals surface area (Å²) in [7, 11) is 0. The van der Waals surface area contributed by atoms with Gasteiger partial charge in [-0.1, -0.05) is 11.6 Å². The molecule has 0 spiro atoms. The molecule has 5 nitrogen and oxygen atoms in total. The Morgan fingerprint density at radius 1 is 1.29 bits per heavy atom. The predicted molar refractivity (Wildman–Crippen MR) is 94.3 cm³/mol. The fourth-order valence-electron chi connectivity index (χ4n) is 3.05. The van der Waals surface area contributed by atoms with E-state index in [0.29, 0.717) is 24.2 Å². The van der Waals surface area contributed by atoms with E-state index in [0.717, 1.165) is 29.3 Å². The van der Waals surface area contributed by atoms with Crippen LogP contribution in [-0.2, 0) is 4.74 Å². The minimum absolute atomic E-state index is 0.237. The normalized spacial score (nSPS) is 16.4. The van der Waals surface area contributed by atoms with E-state index in [2.05, 4.69) is 9.97 Å². The van der Waals surface area contributed by atoms with Crippen LogP contribution < -0.4 is 0 Å². The topological polar surface area (TPSA) is 55.3 Å². The number of piperidine rings is 1. The third-order valence-corrected chi connectivity index (χ3v) is 4.39. The van der Waals surface area contributed by atoms with Gasteiger partial charge in [-0.25, -0.2) is 9.78 Å². The average Bonchev–Trinajstić information content (AvgIpc) is 2.53. The molecule has 128 valence electrons. The van der Waals surface area contributed by atoms with Gasteiger partial charge in [0.05, 0.1) is 5.69 Å². The zero-order valence-corrected chi connectivity index (χ0v) is 15.0. The number of carbonyl (C=O) groups is 1. The van der Waals surface area contributed by atoms with Crippen molar-refractivity contribution in [1.29, 1.82) is 0 Å². The van der Waals surface area contributed by atoms with Crippen LogP contribution in [-0.4, -0.2) is 39.7 Å². The number of likely N-dealkylation sites (tertiary alicyclic amines) is 1. The van der Waals surface area contributed by atoms with Gasteiger partial charge >= 0.3 is 6.09 Å². The largest absolute Gasteiger partial charge is 0.444 e. The van der Waals surface area contributed by atoms with Crippen LogP contribution >= 0.6 is 11.6 Å². The summed E-state index contributed by atoms with van der Waals surface area (Å²) in [4.78, 5) is 22.7. The number of hydrogen-bond acceptors (Lipinski definition) is 4.